The minimum atomic E-state index is -0.648. The maximum atomic E-state index is 12.1. The van der Waals surface area contributed by atoms with E-state index in [9.17, 15) is 9.59 Å². The summed E-state index contributed by atoms with van der Waals surface area (Å²) in [7, 11) is 0. The van der Waals surface area contributed by atoms with Gasteiger partial charge in [0.25, 0.3) is 0 Å². The summed E-state index contributed by atoms with van der Waals surface area (Å²) in [6, 6.07) is 0. The van der Waals surface area contributed by atoms with Crippen LogP contribution < -0.4 is 0 Å². The first-order valence-electron chi connectivity index (χ1n) is 8.08. The van der Waals surface area contributed by atoms with Gasteiger partial charge in [-0.2, -0.15) is 0 Å². The van der Waals surface area contributed by atoms with Gasteiger partial charge in [0.15, 0.2) is 0 Å². The second-order valence-corrected chi connectivity index (χ2v) is 6.87. The Morgan fingerprint density at radius 1 is 1.14 bits per heavy atom. The van der Waals surface area contributed by atoms with Gasteiger partial charge < -0.3 is 9.47 Å². The average molecular weight is 292 g/mol. The van der Waals surface area contributed by atoms with Gasteiger partial charge in [-0.15, -0.1) is 0 Å². The third-order valence-electron chi connectivity index (χ3n) is 5.70. The Bertz CT molecular complexity index is 426. The first kappa shape index (κ1) is 14.6. The molecule has 4 bridgehead atoms. The van der Waals surface area contributed by atoms with Crippen molar-refractivity contribution < 1.29 is 19.1 Å². The maximum Gasteiger partial charge on any atom is 0.330 e. The molecule has 0 aromatic carbocycles. The second kappa shape index (κ2) is 5.47. The minimum absolute atomic E-state index is 0.204. The zero-order valence-corrected chi connectivity index (χ0v) is 12.7. The van der Waals surface area contributed by atoms with E-state index in [1.165, 1.54) is 12.5 Å². The molecule has 0 radical (unpaired) electrons. The standard InChI is InChI=1S/C17H24O4/c1-3-15(18)21-17(10-16(19)20-4-2)13-6-11-5-12(8-13)9-14(17)7-11/h3,11-14H,1,4-10H2,2H3. The Kier molecular flexibility index (Phi) is 3.80. The lowest BCUT2D eigenvalue weighted by Crippen LogP contribution is -2.60. The lowest BCUT2D eigenvalue weighted by molar-refractivity contribution is -0.211. The van der Waals surface area contributed by atoms with Crippen LogP contribution >= 0.6 is 0 Å². The van der Waals surface area contributed by atoms with E-state index < -0.39 is 11.6 Å². The molecular weight excluding hydrogens is 268 g/mol. The highest BCUT2D eigenvalue weighted by Gasteiger charge is 2.60. The first-order valence-corrected chi connectivity index (χ1v) is 8.08. The fourth-order valence-corrected chi connectivity index (χ4v) is 5.14. The molecule has 0 saturated heterocycles. The lowest BCUT2D eigenvalue weighted by Gasteiger charge is -2.59. The molecule has 0 N–H and O–H groups in total. The molecule has 4 fully saturated rings. The molecule has 116 valence electrons. The van der Waals surface area contributed by atoms with Crippen LogP contribution in [0.25, 0.3) is 0 Å². The Morgan fingerprint density at radius 2 is 1.71 bits per heavy atom. The van der Waals surface area contributed by atoms with Crippen LogP contribution in [0.5, 0.6) is 0 Å². The van der Waals surface area contributed by atoms with E-state index in [0.29, 0.717) is 18.4 Å². The number of esters is 2. The molecule has 0 aliphatic heterocycles. The summed E-state index contributed by atoms with van der Waals surface area (Å²) < 4.78 is 11.0. The molecule has 0 unspecified atom stereocenters. The molecule has 4 nitrogen and oxygen atoms in total. The van der Waals surface area contributed by atoms with E-state index in [1.807, 2.05) is 0 Å². The van der Waals surface area contributed by atoms with E-state index in [1.54, 1.807) is 6.92 Å². The normalized spacial score (nSPS) is 39.9. The fourth-order valence-electron chi connectivity index (χ4n) is 5.14. The Balaban J connectivity index is 1.86. The molecule has 0 heterocycles. The Hall–Kier alpha value is -1.32. The summed E-state index contributed by atoms with van der Waals surface area (Å²) in [5, 5.41) is 0. The van der Waals surface area contributed by atoms with Crippen molar-refractivity contribution in [1.29, 1.82) is 0 Å². The van der Waals surface area contributed by atoms with Gasteiger partial charge in [-0.05, 0) is 50.9 Å². The number of hydrogen-bond donors (Lipinski definition) is 0. The van der Waals surface area contributed by atoms with Gasteiger partial charge in [0, 0.05) is 17.9 Å². The molecule has 4 saturated carbocycles. The molecule has 4 aliphatic carbocycles. The van der Waals surface area contributed by atoms with E-state index in [2.05, 4.69) is 6.58 Å². The third-order valence-corrected chi connectivity index (χ3v) is 5.70. The number of rotatable bonds is 5. The topological polar surface area (TPSA) is 52.6 Å². The van der Waals surface area contributed by atoms with Gasteiger partial charge in [-0.25, -0.2) is 4.79 Å². The lowest BCUT2D eigenvalue weighted by atomic mass is 9.49. The molecule has 21 heavy (non-hydrogen) atoms. The summed E-state index contributed by atoms with van der Waals surface area (Å²) in [6.07, 6.45) is 7.05. The summed E-state index contributed by atoms with van der Waals surface area (Å²) >= 11 is 0. The molecule has 4 aliphatic rings. The van der Waals surface area contributed by atoms with Crippen molar-refractivity contribution in [2.24, 2.45) is 23.7 Å². The van der Waals surface area contributed by atoms with Gasteiger partial charge in [0.05, 0.1) is 13.0 Å². The van der Waals surface area contributed by atoms with E-state index in [-0.39, 0.29) is 12.4 Å². The summed E-state index contributed by atoms with van der Waals surface area (Å²) in [5.74, 6) is 1.47. The van der Waals surface area contributed by atoms with Gasteiger partial charge in [-0.3, -0.25) is 4.79 Å². The summed E-state index contributed by atoms with van der Waals surface area (Å²) in [6.45, 7) is 5.67. The maximum absolute atomic E-state index is 12.1. The monoisotopic (exact) mass is 292 g/mol. The van der Waals surface area contributed by atoms with Gasteiger partial charge >= 0.3 is 11.9 Å². The zero-order chi connectivity index (χ0) is 15.0. The highest BCUT2D eigenvalue weighted by molar-refractivity contribution is 5.82. The molecule has 0 atom stereocenters. The van der Waals surface area contributed by atoms with Crippen molar-refractivity contribution >= 4 is 11.9 Å². The van der Waals surface area contributed by atoms with E-state index in [0.717, 1.165) is 37.5 Å². The Labute approximate surface area is 125 Å². The second-order valence-electron chi connectivity index (χ2n) is 6.87. The largest absolute Gasteiger partial charge is 0.466 e. The van der Waals surface area contributed by atoms with Crippen molar-refractivity contribution in [1.82, 2.24) is 0 Å². The molecular formula is C17H24O4. The van der Waals surface area contributed by atoms with Crippen LogP contribution in [-0.4, -0.2) is 24.1 Å². The quantitative estimate of drug-likeness (QED) is 0.577. The van der Waals surface area contributed by atoms with Crippen LogP contribution in [0, 0.1) is 23.7 Å². The SMILES string of the molecule is C=CC(=O)OC1(CC(=O)OCC)C2CC3CC(C2)CC1C3. The van der Waals surface area contributed by atoms with Crippen molar-refractivity contribution in [2.45, 2.75) is 51.0 Å². The van der Waals surface area contributed by atoms with Gasteiger partial charge in [0.1, 0.15) is 5.60 Å². The summed E-state index contributed by atoms with van der Waals surface area (Å²) in [5.41, 5.74) is -0.648. The molecule has 0 amide bonds. The number of carbonyl (C=O) groups is 2. The Morgan fingerprint density at radius 3 is 2.19 bits per heavy atom. The molecule has 0 spiro atoms. The predicted molar refractivity (Wildman–Crippen MR) is 77.3 cm³/mol. The number of hydrogen-bond acceptors (Lipinski definition) is 4. The summed E-state index contributed by atoms with van der Waals surface area (Å²) in [4.78, 5) is 23.9. The molecule has 0 aromatic heterocycles. The van der Waals surface area contributed by atoms with Crippen LogP contribution in [-0.2, 0) is 19.1 Å². The highest BCUT2D eigenvalue weighted by Crippen LogP contribution is 2.60. The van der Waals surface area contributed by atoms with Crippen molar-refractivity contribution in [2.75, 3.05) is 6.61 Å². The van der Waals surface area contributed by atoms with Gasteiger partial charge in [0.2, 0.25) is 0 Å². The zero-order valence-electron chi connectivity index (χ0n) is 12.7. The third kappa shape index (κ3) is 2.49. The van der Waals surface area contributed by atoms with E-state index in [4.69, 9.17) is 9.47 Å². The molecule has 4 heteroatoms. The smallest absolute Gasteiger partial charge is 0.330 e. The molecule has 4 rings (SSSR count). The number of carbonyl (C=O) groups excluding carboxylic acids is 2. The van der Waals surface area contributed by atoms with E-state index >= 15 is 0 Å². The van der Waals surface area contributed by atoms with Gasteiger partial charge in [-0.1, -0.05) is 6.58 Å². The van der Waals surface area contributed by atoms with Crippen molar-refractivity contribution in [3.63, 3.8) is 0 Å². The van der Waals surface area contributed by atoms with Crippen LogP contribution in [0.3, 0.4) is 0 Å². The average Bonchev–Trinajstić information content (AvgIpc) is 2.43. The first-order chi connectivity index (χ1) is 10.1. The highest BCUT2D eigenvalue weighted by atomic mass is 16.6. The minimum Gasteiger partial charge on any atom is -0.466 e. The van der Waals surface area contributed by atoms with Crippen LogP contribution in [0.2, 0.25) is 0 Å². The van der Waals surface area contributed by atoms with Crippen LogP contribution in [0.4, 0.5) is 0 Å². The predicted octanol–water partition coefficient (Wildman–Crippen LogP) is 2.86. The number of ether oxygens (including phenoxy) is 2. The van der Waals surface area contributed by atoms with Crippen LogP contribution in [0.15, 0.2) is 12.7 Å². The van der Waals surface area contributed by atoms with Crippen LogP contribution in [0.1, 0.15) is 45.4 Å². The van der Waals surface area contributed by atoms with Crippen molar-refractivity contribution in [3.8, 4) is 0 Å². The van der Waals surface area contributed by atoms with Crippen molar-refractivity contribution in [3.05, 3.63) is 12.7 Å². The molecule has 0 aromatic rings. The fraction of sp³-hybridized carbons (Fsp3) is 0.765.